The monoisotopic (exact) mass is 398 g/mol. The molecule has 2 aliphatic heterocycles. The highest BCUT2D eigenvalue weighted by atomic mass is 16.5. The molecule has 2 aliphatic rings. The molecule has 0 saturated carbocycles. The van der Waals surface area contributed by atoms with E-state index in [1.165, 1.54) is 5.06 Å². The van der Waals surface area contributed by atoms with Crippen molar-refractivity contribution in [2.24, 2.45) is 0 Å². The quantitative estimate of drug-likeness (QED) is 0.620. The predicted octanol–water partition coefficient (Wildman–Crippen LogP) is 4.86. The van der Waals surface area contributed by atoms with Gasteiger partial charge in [0.1, 0.15) is 0 Å². The van der Waals surface area contributed by atoms with Crippen molar-refractivity contribution in [1.29, 1.82) is 0 Å². The number of ether oxygens (including phenoxy) is 2. The predicted molar refractivity (Wildman–Crippen MR) is 115 cm³/mol. The lowest BCUT2D eigenvalue weighted by atomic mass is 9.79. The standard InChI is InChI=1S/C23H46N2O3/c1-20(2)14-18(15-21(3,4)24(20)9)27-12-10-11-13-28-19-16-22(5,6)25(26)23(7,8)17-19/h18-19,26H,10-17H2,1-9H3. The molecule has 166 valence electrons. The number of unbranched alkanes of at least 4 members (excludes halogenated alkanes) is 1. The Labute approximate surface area is 173 Å². The molecule has 2 heterocycles. The molecule has 0 aromatic carbocycles. The van der Waals surface area contributed by atoms with Crippen LogP contribution in [0.4, 0.5) is 0 Å². The summed E-state index contributed by atoms with van der Waals surface area (Å²) in [7, 11) is 2.23. The number of rotatable bonds is 7. The Hall–Kier alpha value is -0.200. The maximum absolute atomic E-state index is 10.4. The second-order valence-corrected chi connectivity index (χ2v) is 11.6. The Kier molecular flexibility index (Phi) is 7.31. The van der Waals surface area contributed by atoms with Crippen molar-refractivity contribution in [3.63, 3.8) is 0 Å². The molecule has 0 radical (unpaired) electrons. The van der Waals surface area contributed by atoms with Gasteiger partial charge in [0.25, 0.3) is 0 Å². The Balaban J connectivity index is 1.67. The fourth-order valence-corrected chi connectivity index (χ4v) is 5.40. The molecule has 0 amide bonds. The third kappa shape index (κ3) is 5.69. The Bertz CT molecular complexity index is 434. The van der Waals surface area contributed by atoms with Gasteiger partial charge in [-0.25, -0.2) is 0 Å². The summed E-state index contributed by atoms with van der Waals surface area (Å²) < 4.78 is 12.4. The minimum Gasteiger partial charge on any atom is -0.378 e. The Morgan fingerprint density at radius 2 is 1.00 bits per heavy atom. The molecule has 0 atom stereocenters. The van der Waals surface area contributed by atoms with E-state index in [-0.39, 0.29) is 28.3 Å². The highest BCUT2D eigenvalue weighted by Crippen LogP contribution is 2.39. The van der Waals surface area contributed by atoms with Gasteiger partial charge < -0.3 is 14.7 Å². The van der Waals surface area contributed by atoms with Gasteiger partial charge in [0.2, 0.25) is 0 Å². The molecule has 2 saturated heterocycles. The first-order chi connectivity index (χ1) is 12.7. The zero-order valence-corrected chi connectivity index (χ0v) is 20.0. The van der Waals surface area contributed by atoms with E-state index in [9.17, 15) is 5.21 Å². The zero-order valence-electron chi connectivity index (χ0n) is 20.0. The summed E-state index contributed by atoms with van der Waals surface area (Å²) >= 11 is 0. The van der Waals surface area contributed by atoms with Crippen LogP contribution in [-0.2, 0) is 9.47 Å². The van der Waals surface area contributed by atoms with Gasteiger partial charge >= 0.3 is 0 Å². The highest BCUT2D eigenvalue weighted by Gasteiger charge is 2.45. The van der Waals surface area contributed by atoms with E-state index in [2.05, 4.69) is 67.3 Å². The largest absolute Gasteiger partial charge is 0.378 e. The molecular formula is C23H46N2O3. The summed E-state index contributed by atoms with van der Waals surface area (Å²) in [5, 5.41) is 11.9. The molecule has 5 heteroatoms. The summed E-state index contributed by atoms with van der Waals surface area (Å²) in [4.78, 5) is 2.49. The molecule has 28 heavy (non-hydrogen) atoms. The molecule has 2 fully saturated rings. The van der Waals surface area contributed by atoms with Crippen LogP contribution < -0.4 is 0 Å². The minimum atomic E-state index is -0.247. The van der Waals surface area contributed by atoms with Gasteiger partial charge in [0, 0.05) is 35.4 Å². The van der Waals surface area contributed by atoms with E-state index in [0.29, 0.717) is 6.10 Å². The van der Waals surface area contributed by atoms with E-state index in [0.717, 1.165) is 51.7 Å². The fourth-order valence-electron chi connectivity index (χ4n) is 5.40. The number of likely N-dealkylation sites (tertiary alicyclic amines) is 1. The molecule has 0 unspecified atom stereocenters. The third-order valence-electron chi connectivity index (χ3n) is 7.12. The molecule has 0 spiro atoms. The normalized spacial score (nSPS) is 28.5. The smallest absolute Gasteiger partial charge is 0.0611 e. The van der Waals surface area contributed by atoms with E-state index in [1.54, 1.807) is 0 Å². The van der Waals surface area contributed by atoms with E-state index >= 15 is 0 Å². The first kappa shape index (κ1) is 24.1. The number of hydrogen-bond acceptors (Lipinski definition) is 5. The molecule has 0 bridgehead atoms. The zero-order chi connectivity index (χ0) is 21.4. The van der Waals surface area contributed by atoms with Crippen molar-refractivity contribution in [2.75, 3.05) is 20.3 Å². The first-order valence-electron chi connectivity index (χ1n) is 11.1. The maximum atomic E-state index is 10.4. The highest BCUT2D eigenvalue weighted by molar-refractivity contribution is 4.99. The van der Waals surface area contributed by atoms with Crippen LogP contribution in [-0.4, -0.2) is 69.8 Å². The van der Waals surface area contributed by atoms with Crippen molar-refractivity contribution in [3.8, 4) is 0 Å². The number of hydroxylamine groups is 2. The van der Waals surface area contributed by atoms with Crippen LogP contribution in [0.3, 0.4) is 0 Å². The van der Waals surface area contributed by atoms with Crippen molar-refractivity contribution in [2.45, 2.75) is 128 Å². The van der Waals surface area contributed by atoms with Crippen molar-refractivity contribution in [3.05, 3.63) is 0 Å². The third-order valence-corrected chi connectivity index (χ3v) is 7.12. The lowest BCUT2D eigenvalue weighted by Crippen LogP contribution is -2.60. The van der Waals surface area contributed by atoms with Gasteiger partial charge in [-0.3, -0.25) is 4.90 Å². The van der Waals surface area contributed by atoms with Crippen LogP contribution in [0.25, 0.3) is 0 Å². The van der Waals surface area contributed by atoms with Gasteiger partial charge in [-0.1, -0.05) is 0 Å². The van der Waals surface area contributed by atoms with Crippen LogP contribution in [0.1, 0.15) is 93.9 Å². The van der Waals surface area contributed by atoms with E-state index in [1.807, 2.05) is 0 Å². The lowest BCUT2D eigenvalue weighted by Gasteiger charge is -2.53. The lowest BCUT2D eigenvalue weighted by molar-refractivity contribution is -0.261. The molecule has 5 nitrogen and oxygen atoms in total. The fraction of sp³-hybridized carbons (Fsp3) is 1.00. The summed E-state index contributed by atoms with van der Waals surface area (Å²) in [5.74, 6) is 0. The molecule has 1 N–H and O–H groups in total. The maximum Gasteiger partial charge on any atom is 0.0611 e. The van der Waals surface area contributed by atoms with Gasteiger partial charge in [-0.2, -0.15) is 5.06 Å². The second-order valence-electron chi connectivity index (χ2n) is 11.6. The summed E-state index contributed by atoms with van der Waals surface area (Å²) in [6, 6.07) is 0. The van der Waals surface area contributed by atoms with E-state index in [4.69, 9.17) is 9.47 Å². The number of piperidine rings is 2. The Morgan fingerprint density at radius 1 is 0.679 bits per heavy atom. The Morgan fingerprint density at radius 3 is 1.36 bits per heavy atom. The number of nitrogens with zero attached hydrogens (tertiary/aromatic N) is 2. The van der Waals surface area contributed by atoms with Crippen molar-refractivity contribution < 1.29 is 14.7 Å². The molecule has 0 aromatic heterocycles. The van der Waals surface area contributed by atoms with Gasteiger partial charge in [0.05, 0.1) is 12.2 Å². The first-order valence-corrected chi connectivity index (χ1v) is 11.1. The van der Waals surface area contributed by atoms with Crippen LogP contribution in [0.2, 0.25) is 0 Å². The van der Waals surface area contributed by atoms with Gasteiger partial charge in [-0.15, -0.1) is 0 Å². The van der Waals surface area contributed by atoms with Gasteiger partial charge in [0.15, 0.2) is 0 Å². The second kappa shape index (κ2) is 8.50. The minimum absolute atomic E-state index is 0.177. The van der Waals surface area contributed by atoms with Gasteiger partial charge in [-0.05, 0) is 101 Å². The van der Waals surface area contributed by atoms with Crippen molar-refractivity contribution >= 4 is 0 Å². The summed E-state index contributed by atoms with van der Waals surface area (Å²) in [5.41, 5.74) is -0.139. The van der Waals surface area contributed by atoms with Crippen LogP contribution >= 0.6 is 0 Å². The average Bonchev–Trinajstić information content (AvgIpc) is 2.52. The summed E-state index contributed by atoms with van der Waals surface area (Å²) in [6.07, 6.45) is 6.54. The average molecular weight is 399 g/mol. The van der Waals surface area contributed by atoms with Crippen LogP contribution in [0.5, 0.6) is 0 Å². The summed E-state index contributed by atoms with van der Waals surface area (Å²) in [6.45, 7) is 19.2. The molecule has 2 rings (SSSR count). The van der Waals surface area contributed by atoms with Crippen molar-refractivity contribution in [1.82, 2.24) is 9.96 Å². The molecule has 0 aliphatic carbocycles. The van der Waals surface area contributed by atoms with Crippen LogP contribution in [0.15, 0.2) is 0 Å². The molecular weight excluding hydrogens is 352 g/mol. The van der Waals surface area contributed by atoms with E-state index < -0.39 is 0 Å². The topological polar surface area (TPSA) is 45.2 Å². The SMILES string of the molecule is CN1C(C)(C)CC(OCCCCOC2CC(C)(C)N(O)C(C)(C)C2)CC1(C)C. The number of hydrogen-bond donors (Lipinski definition) is 1. The molecule has 0 aromatic rings. The van der Waals surface area contributed by atoms with Crippen LogP contribution in [0, 0.1) is 0 Å².